The highest BCUT2D eigenvalue weighted by Gasteiger charge is 2.28. The van der Waals surface area contributed by atoms with Gasteiger partial charge in [0.25, 0.3) is 0 Å². The van der Waals surface area contributed by atoms with Crippen molar-refractivity contribution in [3.63, 3.8) is 0 Å². The van der Waals surface area contributed by atoms with Crippen molar-refractivity contribution in [3.05, 3.63) is 18.0 Å². The van der Waals surface area contributed by atoms with Gasteiger partial charge in [-0.05, 0) is 19.3 Å². The lowest BCUT2D eigenvalue weighted by molar-refractivity contribution is 0.0573. The molecule has 1 N–H and O–H groups in total. The van der Waals surface area contributed by atoms with Gasteiger partial charge in [0.2, 0.25) is 10.0 Å². The molecule has 0 spiro atoms. The normalized spacial score (nSPS) is 20.0. The van der Waals surface area contributed by atoms with E-state index in [4.69, 9.17) is 9.26 Å². The summed E-state index contributed by atoms with van der Waals surface area (Å²) in [6.45, 7) is 3.65. The molecule has 1 saturated heterocycles. The molecule has 1 aromatic heterocycles. The van der Waals surface area contributed by atoms with Gasteiger partial charge in [0.05, 0.1) is 11.8 Å². The molecular weight excluding hydrogens is 382 g/mol. The molecule has 158 valence electrons. The molecule has 0 unspecified atom stereocenters. The minimum Gasteiger partial charge on any atom is -0.378 e. The van der Waals surface area contributed by atoms with E-state index in [1.807, 2.05) is 0 Å². The van der Waals surface area contributed by atoms with E-state index >= 15 is 0 Å². The molecule has 0 amide bonds. The fourth-order valence-electron chi connectivity index (χ4n) is 3.68. The third kappa shape index (κ3) is 5.92. The number of piperazine rings is 1. The first-order chi connectivity index (χ1) is 13.6. The predicted molar refractivity (Wildman–Crippen MR) is 106 cm³/mol. The number of hydrogen-bond acceptors (Lipinski definition) is 6. The number of nitrogens with one attached hydrogen (secondary N) is 1. The van der Waals surface area contributed by atoms with Crippen LogP contribution in [0.3, 0.4) is 0 Å². The number of ether oxygens (including phenoxy) is 1. The number of rotatable bonds is 8. The fraction of sp³-hybridized carbons (Fsp3) is 0.778. The lowest BCUT2D eigenvalue weighted by atomic mass is 10.3. The minimum absolute atomic E-state index is 0.128. The SMILES string of the molecule is CN=C(NCCCOC1CCCC1)N1CCN(S(=O)(=O)Cc2ccon2)CC1. The summed E-state index contributed by atoms with van der Waals surface area (Å²) in [6.07, 6.45) is 7.73. The van der Waals surface area contributed by atoms with Crippen LogP contribution in [-0.4, -0.2) is 81.2 Å². The average molecular weight is 414 g/mol. The summed E-state index contributed by atoms with van der Waals surface area (Å²) in [5.41, 5.74) is 0.430. The van der Waals surface area contributed by atoms with Crippen LogP contribution in [-0.2, 0) is 20.5 Å². The number of hydrogen-bond donors (Lipinski definition) is 1. The lowest BCUT2D eigenvalue weighted by Crippen LogP contribution is -2.54. The van der Waals surface area contributed by atoms with Gasteiger partial charge in [0, 0.05) is 52.4 Å². The van der Waals surface area contributed by atoms with Gasteiger partial charge in [-0.3, -0.25) is 4.99 Å². The molecule has 0 bridgehead atoms. The zero-order valence-electron chi connectivity index (χ0n) is 16.5. The van der Waals surface area contributed by atoms with Gasteiger partial charge >= 0.3 is 0 Å². The number of nitrogens with zero attached hydrogens (tertiary/aromatic N) is 4. The maximum Gasteiger partial charge on any atom is 0.220 e. The summed E-state index contributed by atoms with van der Waals surface area (Å²) >= 11 is 0. The minimum atomic E-state index is -3.39. The Balaban J connectivity index is 1.37. The Morgan fingerprint density at radius 3 is 2.71 bits per heavy atom. The molecule has 3 rings (SSSR count). The molecule has 2 heterocycles. The van der Waals surface area contributed by atoms with Crippen LogP contribution < -0.4 is 5.32 Å². The van der Waals surface area contributed by atoms with Crippen LogP contribution in [0.1, 0.15) is 37.8 Å². The van der Waals surface area contributed by atoms with Crippen LogP contribution in [0.4, 0.5) is 0 Å². The van der Waals surface area contributed by atoms with E-state index in [1.54, 1.807) is 13.1 Å². The van der Waals surface area contributed by atoms with Crippen LogP contribution >= 0.6 is 0 Å². The van der Waals surface area contributed by atoms with Crippen LogP contribution in [0.15, 0.2) is 21.8 Å². The van der Waals surface area contributed by atoms with E-state index in [1.165, 1.54) is 36.3 Å². The van der Waals surface area contributed by atoms with Crippen molar-refractivity contribution in [3.8, 4) is 0 Å². The Labute approximate surface area is 167 Å². The smallest absolute Gasteiger partial charge is 0.220 e. The van der Waals surface area contributed by atoms with Gasteiger partial charge in [-0.2, -0.15) is 4.31 Å². The number of guanidine groups is 1. The highest BCUT2D eigenvalue weighted by molar-refractivity contribution is 7.88. The number of aromatic nitrogens is 1. The first-order valence-corrected chi connectivity index (χ1v) is 11.6. The van der Waals surface area contributed by atoms with Gasteiger partial charge in [0.1, 0.15) is 12.0 Å². The largest absolute Gasteiger partial charge is 0.378 e. The quantitative estimate of drug-likeness (QED) is 0.386. The second kappa shape index (κ2) is 10.2. The Hall–Kier alpha value is -1.65. The average Bonchev–Trinajstić information content (AvgIpc) is 3.39. The molecule has 2 aliphatic rings. The molecule has 1 saturated carbocycles. The van der Waals surface area contributed by atoms with Gasteiger partial charge < -0.3 is 19.5 Å². The Morgan fingerprint density at radius 1 is 1.32 bits per heavy atom. The van der Waals surface area contributed by atoms with Crippen LogP contribution in [0.5, 0.6) is 0 Å². The lowest BCUT2D eigenvalue weighted by Gasteiger charge is -2.35. The summed E-state index contributed by atoms with van der Waals surface area (Å²) < 4.78 is 37.2. The highest BCUT2D eigenvalue weighted by Crippen LogP contribution is 2.20. The monoisotopic (exact) mass is 413 g/mol. The Morgan fingerprint density at radius 2 is 2.07 bits per heavy atom. The number of sulfonamides is 1. The van der Waals surface area contributed by atoms with Crippen LogP contribution in [0.2, 0.25) is 0 Å². The Bertz CT molecular complexity index is 708. The van der Waals surface area contributed by atoms with Crippen molar-refractivity contribution in [1.82, 2.24) is 19.7 Å². The van der Waals surface area contributed by atoms with Crippen molar-refractivity contribution in [2.24, 2.45) is 4.99 Å². The van der Waals surface area contributed by atoms with E-state index in [-0.39, 0.29) is 5.75 Å². The molecule has 9 nitrogen and oxygen atoms in total. The van der Waals surface area contributed by atoms with E-state index in [0.29, 0.717) is 38.0 Å². The first kappa shape index (κ1) is 21.1. The molecule has 0 radical (unpaired) electrons. The van der Waals surface area contributed by atoms with Crippen molar-refractivity contribution in [2.45, 2.75) is 44.0 Å². The zero-order chi connectivity index (χ0) is 19.8. The van der Waals surface area contributed by atoms with Crippen molar-refractivity contribution in [1.29, 1.82) is 0 Å². The molecule has 1 aliphatic heterocycles. The summed E-state index contributed by atoms with van der Waals surface area (Å²) in [4.78, 5) is 6.43. The first-order valence-electron chi connectivity index (χ1n) is 10.0. The molecular formula is C18H31N5O4S. The van der Waals surface area contributed by atoms with E-state index in [9.17, 15) is 8.42 Å². The van der Waals surface area contributed by atoms with Crippen LogP contribution in [0, 0.1) is 0 Å². The van der Waals surface area contributed by atoms with E-state index in [2.05, 4.69) is 20.4 Å². The standard InChI is InChI=1S/C18H31N5O4S/c1-19-18(20-8-4-13-26-17-5-2-3-6-17)22-9-11-23(12-10-22)28(24,25)15-16-7-14-27-21-16/h7,14,17H,2-6,8-13,15H2,1H3,(H,19,20). The molecule has 2 fully saturated rings. The zero-order valence-corrected chi connectivity index (χ0v) is 17.4. The second-order valence-electron chi connectivity index (χ2n) is 7.24. The molecule has 10 heteroatoms. The number of aliphatic imine (C=N–C) groups is 1. The van der Waals surface area contributed by atoms with Crippen molar-refractivity contribution >= 4 is 16.0 Å². The maximum atomic E-state index is 12.5. The van der Waals surface area contributed by atoms with E-state index < -0.39 is 10.0 Å². The maximum absolute atomic E-state index is 12.5. The van der Waals surface area contributed by atoms with Crippen LogP contribution in [0.25, 0.3) is 0 Å². The second-order valence-corrected chi connectivity index (χ2v) is 9.21. The summed E-state index contributed by atoms with van der Waals surface area (Å²) in [6, 6.07) is 1.58. The van der Waals surface area contributed by atoms with Gasteiger partial charge in [-0.1, -0.05) is 18.0 Å². The van der Waals surface area contributed by atoms with Gasteiger partial charge in [-0.15, -0.1) is 0 Å². The van der Waals surface area contributed by atoms with Gasteiger partial charge in [0.15, 0.2) is 5.96 Å². The molecule has 1 aliphatic carbocycles. The topological polar surface area (TPSA) is 100 Å². The summed E-state index contributed by atoms with van der Waals surface area (Å²) in [5.74, 6) is 0.687. The van der Waals surface area contributed by atoms with E-state index in [0.717, 1.165) is 25.5 Å². The molecule has 1 aromatic rings. The fourth-order valence-corrected chi connectivity index (χ4v) is 5.10. The Kier molecular flexibility index (Phi) is 7.69. The third-order valence-corrected chi connectivity index (χ3v) is 7.04. The predicted octanol–water partition coefficient (Wildman–Crippen LogP) is 1.05. The molecule has 0 atom stereocenters. The highest BCUT2D eigenvalue weighted by atomic mass is 32.2. The van der Waals surface area contributed by atoms with Gasteiger partial charge in [-0.25, -0.2) is 8.42 Å². The van der Waals surface area contributed by atoms with Crippen molar-refractivity contribution < 1.29 is 17.7 Å². The van der Waals surface area contributed by atoms with Crippen molar-refractivity contribution in [2.75, 3.05) is 46.4 Å². The molecule has 28 heavy (non-hydrogen) atoms. The third-order valence-electron chi connectivity index (χ3n) is 5.22. The summed E-state index contributed by atoms with van der Waals surface area (Å²) in [7, 11) is -1.63. The summed E-state index contributed by atoms with van der Waals surface area (Å²) in [5, 5.41) is 7.06. The molecule has 0 aromatic carbocycles.